The van der Waals surface area contributed by atoms with E-state index in [-0.39, 0.29) is 6.42 Å². The highest BCUT2D eigenvalue weighted by Crippen LogP contribution is 2.16. The average molecular weight is 251 g/mol. The number of aromatic nitrogens is 1. The molecule has 0 radical (unpaired) electrons. The minimum Gasteiger partial charge on any atom is -0.480 e. The number of carboxylic acids is 1. The number of nitrogens with two attached hydrogens (primary N) is 1. The van der Waals surface area contributed by atoms with Crippen molar-refractivity contribution in [2.45, 2.75) is 12.5 Å². The predicted molar refractivity (Wildman–Crippen MR) is 49.1 cm³/mol. The number of nitrogens with zero attached hydrogens (tertiary/aromatic N) is 1. The van der Waals surface area contributed by atoms with Crippen LogP contribution in [0.15, 0.2) is 9.30 Å². The first kappa shape index (κ1) is 9.63. The fourth-order valence-corrected chi connectivity index (χ4v) is 1.75. The third-order valence-electron chi connectivity index (χ3n) is 1.27. The first-order valence-electron chi connectivity index (χ1n) is 3.18. The van der Waals surface area contributed by atoms with Gasteiger partial charge in [0.2, 0.25) is 0 Å². The van der Waals surface area contributed by atoms with E-state index in [1.807, 2.05) is 0 Å². The molecule has 4 nitrogen and oxygen atoms in total. The van der Waals surface area contributed by atoms with Crippen LogP contribution in [0.3, 0.4) is 0 Å². The quantitative estimate of drug-likeness (QED) is 0.835. The van der Waals surface area contributed by atoms with Crippen molar-refractivity contribution in [3.63, 3.8) is 0 Å². The largest absolute Gasteiger partial charge is 0.480 e. The van der Waals surface area contributed by atoms with Gasteiger partial charge >= 0.3 is 5.97 Å². The normalized spacial score (nSPS) is 12.8. The molecule has 1 atom stereocenters. The molecule has 1 heterocycles. The van der Waals surface area contributed by atoms with Crippen molar-refractivity contribution in [3.05, 3.63) is 15.0 Å². The lowest BCUT2D eigenvalue weighted by Crippen LogP contribution is -2.32. The average Bonchev–Trinajstić information content (AvgIpc) is 2.35. The van der Waals surface area contributed by atoms with E-state index < -0.39 is 12.0 Å². The molecule has 0 aromatic carbocycles. The van der Waals surface area contributed by atoms with Gasteiger partial charge in [-0.15, -0.1) is 11.3 Å². The fraction of sp³-hybridized carbons (Fsp3) is 0.333. The highest BCUT2D eigenvalue weighted by Gasteiger charge is 2.13. The van der Waals surface area contributed by atoms with Crippen LogP contribution in [-0.2, 0) is 11.2 Å². The SMILES string of the molecule is NC(Cc1csc(Br)n1)C(=O)O. The summed E-state index contributed by atoms with van der Waals surface area (Å²) in [5.41, 5.74) is 6.02. The van der Waals surface area contributed by atoms with Crippen molar-refractivity contribution < 1.29 is 9.90 Å². The van der Waals surface area contributed by atoms with E-state index in [2.05, 4.69) is 20.9 Å². The molecule has 66 valence electrons. The molecule has 0 saturated carbocycles. The molecule has 1 unspecified atom stereocenters. The summed E-state index contributed by atoms with van der Waals surface area (Å²) in [6.07, 6.45) is 0.275. The molecular weight excluding hydrogens is 244 g/mol. The Hall–Kier alpha value is -0.460. The van der Waals surface area contributed by atoms with Gasteiger partial charge in [-0.2, -0.15) is 0 Å². The summed E-state index contributed by atoms with van der Waals surface area (Å²) < 4.78 is 0.745. The summed E-state index contributed by atoms with van der Waals surface area (Å²) in [4.78, 5) is 14.4. The number of carboxylic acid groups (broad SMARTS) is 1. The van der Waals surface area contributed by atoms with E-state index in [0.29, 0.717) is 5.69 Å². The molecule has 0 saturated heterocycles. The molecule has 3 N–H and O–H groups in total. The van der Waals surface area contributed by atoms with E-state index >= 15 is 0 Å². The van der Waals surface area contributed by atoms with Gasteiger partial charge in [0.05, 0.1) is 5.69 Å². The molecule has 0 bridgehead atoms. The van der Waals surface area contributed by atoms with Gasteiger partial charge in [0, 0.05) is 11.8 Å². The maximum Gasteiger partial charge on any atom is 0.320 e. The lowest BCUT2D eigenvalue weighted by atomic mass is 10.2. The van der Waals surface area contributed by atoms with Gasteiger partial charge in [-0.05, 0) is 15.9 Å². The highest BCUT2D eigenvalue weighted by atomic mass is 79.9. The Kier molecular flexibility index (Phi) is 3.19. The molecule has 1 aromatic heterocycles. The predicted octanol–water partition coefficient (Wildman–Crippen LogP) is 0.860. The topological polar surface area (TPSA) is 76.2 Å². The smallest absolute Gasteiger partial charge is 0.320 e. The zero-order valence-electron chi connectivity index (χ0n) is 6.03. The van der Waals surface area contributed by atoms with Crippen LogP contribution in [0, 0.1) is 0 Å². The Bertz CT molecular complexity index is 289. The molecule has 0 aliphatic heterocycles. The van der Waals surface area contributed by atoms with Crippen molar-refractivity contribution in [2.75, 3.05) is 0 Å². The number of carbonyl (C=O) groups is 1. The van der Waals surface area contributed by atoms with Crippen LogP contribution >= 0.6 is 27.3 Å². The molecule has 0 fully saturated rings. The minimum absolute atomic E-state index is 0.275. The van der Waals surface area contributed by atoms with Crippen molar-refractivity contribution >= 4 is 33.2 Å². The Morgan fingerprint density at radius 3 is 3.00 bits per heavy atom. The van der Waals surface area contributed by atoms with Crippen molar-refractivity contribution in [3.8, 4) is 0 Å². The summed E-state index contributed by atoms with van der Waals surface area (Å²) in [5, 5.41) is 10.3. The van der Waals surface area contributed by atoms with Crippen LogP contribution in [0.2, 0.25) is 0 Å². The number of thiazole rings is 1. The van der Waals surface area contributed by atoms with E-state index in [1.54, 1.807) is 5.38 Å². The molecule has 0 aliphatic carbocycles. The summed E-state index contributed by atoms with van der Waals surface area (Å²) in [6, 6.07) is -0.862. The lowest BCUT2D eigenvalue weighted by Gasteiger charge is -2.01. The number of hydrogen-bond donors (Lipinski definition) is 2. The maximum absolute atomic E-state index is 10.3. The van der Waals surface area contributed by atoms with Crippen LogP contribution in [0.4, 0.5) is 0 Å². The second kappa shape index (κ2) is 3.97. The van der Waals surface area contributed by atoms with E-state index in [4.69, 9.17) is 10.8 Å². The Labute approximate surface area is 81.5 Å². The van der Waals surface area contributed by atoms with Crippen LogP contribution in [0.5, 0.6) is 0 Å². The first-order valence-corrected chi connectivity index (χ1v) is 4.85. The van der Waals surface area contributed by atoms with Gasteiger partial charge in [0.25, 0.3) is 0 Å². The third kappa shape index (κ3) is 2.54. The molecule has 1 aromatic rings. The zero-order chi connectivity index (χ0) is 9.14. The number of halogens is 1. The molecule has 0 amide bonds. The van der Waals surface area contributed by atoms with Gasteiger partial charge in [0.15, 0.2) is 3.92 Å². The van der Waals surface area contributed by atoms with E-state index in [1.165, 1.54) is 11.3 Å². The van der Waals surface area contributed by atoms with E-state index in [9.17, 15) is 4.79 Å². The molecular formula is C6H7BrN2O2S. The van der Waals surface area contributed by atoms with Crippen LogP contribution in [0.1, 0.15) is 5.69 Å². The molecule has 12 heavy (non-hydrogen) atoms. The van der Waals surface area contributed by atoms with Crippen molar-refractivity contribution in [1.29, 1.82) is 0 Å². The molecule has 0 aliphatic rings. The van der Waals surface area contributed by atoms with Crippen LogP contribution in [0.25, 0.3) is 0 Å². The lowest BCUT2D eigenvalue weighted by molar-refractivity contribution is -0.138. The summed E-state index contributed by atoms with van der Waals surface area (Å²) in [7, 11) is 0. The Morgan fingerprint density at radius 2 is 2.58 bits per heavy atom. The van der Waals surface area contributed by atoms with Crippen molar-refractivity contribution in [2.24, 2.45) is 5.73 Å². The number of rotatable bonds is 3. The fourth-order valence-electron chi connectivity index (χ4n) is 0.689. The second-order valence-electron chi connectivity index (χ2n) is 2.24. The summed E-state index contributed by atoms with van der Waals surface area (Å²) in [6.45, 7) is 0. The van der Waals surface area contributed by atoms with Gasteiger partial charge in [-0.1, -0.05) is 0 Å². The second-order valence-corrected chi connectivity index (χ2v) is 4.37. The monoisotopic (exact) mass is 250 g/mol. The molecule has 0 spiro atoms. The minimum atomic E-state index is -1.00. The Balaban J connectivity index is 2.58. The molecule has 1 rings (SSSR count). The highest BCUT2D eigenvalue weighted by molar-refractivity contribution is 9.11. The van der Waals surface area contributed by atoms with Crippen LogP contribution < -0.4 is 5.73 Å². The van der Waals surface area contributed by atoms with Gasteiger partial charge in [-0.25, -0.2) is 4.98 Å². The van der Waals surface area contributed by atoms with Gasteiger partial charge in [-0.3, -0.25) is 4.79 Å². The number of hydrogen-bond acceptors (Lipinski definition) is 4. The standard InChI is InChI=1S/C6H7BrN2O2S/c7-6-9-3(2-12-6)1-4(8)5(10)11/h2,4H,1,8H2,(H,10,11). The number of aliphatic carboxylic acids is 1. The van der Waals surface area contributed by atoms with Gasteiger partial charge in [0.1, 0.15) is 6.04 Å². The van der Waals surface area contributed by atoms with E-state index in [0.717, 1.165) is 3.92 Å². The van der Waals surface area contributed by atoms with Crippen LogP contribution in [-0.4, -0.2) is 22.1 Å². The third-order valence-corrected chi connectivity index (χ3v) is 2.68. The Morgan fingerprint density at radius 1 is 1.92 bits per heavy atom. The zero-order valence-corrected chi connectivity index (χ0v) is 8.43. The maximum atomic E-state index is 10.3. The molecule has 6 heteroatoms. The summed E-state index contributed by atoms with van der Waals surface area (Å²) in [5.74, 6) is -1.00. The summed E-state index contributed by atoms with van der Waals surface area (Å²) >= 11 is 4.59. The van der Waals surface area contributed by atoms with Crippen molar-refractivity contribution in [1.82, 2.24) is 4.98 Å². The van der Waals surface area contributed by atoms with Gasteiger partial charge < -0.3 is 10.8 Å². The first-order chi connectivity index (χ1) is 5.59.